The highest BCUT2D eigenvalue weighted by Gasteiger charge is 2.19. The quantitative estimate of drug-likeness (QED) is 0.913. The molecule has 0 spiro atoms. The molecular formula is C19H22N2O3. The molecule has 0 unspecified atom stereocenters. The van der Waals surface area contributed by atoms with E-state index < -0.39 is 0 Å². The highest BCUT2D eigenvalue weighted by atomic mass is 16.5. The Labute approximate surface area is 141 Å². The summed E-state index contributed by atoms with van der Waals surface area (Å²) in [6, 6.07) is 13.1. The van der Waals surface area contributed by atoms with Crippen molar-refractivity contribution in [1.29, 1.82) is 0 Å². The van der Waals surface area contributed by atoms with Crippen molar-refractivity contribution in [2.75, 3.05) is 13.2 Å². The third kappa shape index (κ3) is 3.85. The molecule has 0 radical (unpaired) electrons. The molecule has 1 aromatic carbocycles. The predicted molar refractivity (Wildman–Crippen MR) is 92.2 cm³/mol. The van der Waals surface area contributed by atoms with Gasteiger partial charge in [0.15, 0.2) is 0 Å². The zero-order valence-electron chi connectivity index (χ0n) is 13.8. The van der Waals surface area contributed by atoms with Gasteiger partial charge in [-0.1, -0.05) is 24.3 Å². The van der Waals surface area contributed by atoms with Crippen molar-refractivity contribution >= 4 is 5.91 Å². The second-order valence-electron chi connectivity index (χ2n) is 6.20. The number of hydrogen-bond donors (Lipinski definition) is 1. The van der Waals surface area contributed by atoms with Crippen LogP contribution in [-0.4, -0.2) is 23.6 Å². The molecule has 1 amide bonds. The van der Waals surface area contributed by atoms with Crippen LogP contribution in [0.5, 0.6) is 5.75 Å². The van der Waals surface area contributed by atoms with Gasteiger partial charge in [-0.3, -0.25) is 9.59 Å². The topological polar surface area (TPSA) is 60.3 Å². The number of carbonyl (C=O) groups excluding carboxylic acids is 1. The number of fused-ring (bicyclic) bond motifs is 1. The number of amides is 1. The summed E-state index contributed by atoms with van der Waals surface area (Å²) in [6.45, 7) is 3.49. The van der Waals surface area contributed by atoms with Crippen molar-refractivity contribution in [1.82, 2.24) is 9.88 Å². The largest absolute Gasteiger partial charge is 0.493 e. The number of para-hydroxylation sites is 1. The number of rotatable bonds is 5. The van der Waals surface area contributed by atoms with Crippen LogP contribution in [0.15, 0.2) is 47.3 Å². The minimum atomic E-state index is -0.0694. The van der Waals surface area contributed by atoms with Crippen LogP contribution < -0.4 is 15.6 Å². The first-order valence-corrected chi connectivity index (χ1v) is 8.27. The number of ether oxygens (including phenoxy) is 1. The molecule has 5 heteroatoms. The fourth-order valence-electron chi connectivity index (χ4n) is 2.99. The number of carbonyl (C=O) groups is 1. The van der Waals surface area contributed by atoms with Crippen molar-refractivity contribution < 1.29 is 9.53 Å². The lowest BCUT2D eigenvalue weighted by atomic mass is 9.97. The fraction of sp³-hybridized carbons (Fsp3) is 0.368. The van der Waals surface area contributed by atoms with Gasteiger partial charge in [-0.05, 0) is 31.0 Å². The van der Waals surface area contributed by atoms with E-state index in [1.807, 2.05) is 31.2 Å². The molecule has 1 aliphatic rings. The van der Waals surface area contributed by atoms with Gasteiger partial charge in [-0.15, -0.1) is 0 Å². The average molecular weight is 326 g/mol. The van der Waals surface area contributed by atoms with E-state index in [1.165, 1.54) is 11.6 Å². The maximum atomic E-state index is 12.1. The Balaban J connectivity index is 1.47. The molecule has 1 N–H and O–H groups in total. The number of pyridine rings is 1. The summed E-state index contributed by atoms with van der Waals surface area (Å²) in [7, 11) is 0. The molecular weight excluding hydrogens is 304 g/mol. The molecule has 0 saturated heterocycles. The van der Waals surface area contributed by atoms with Crippen molar-refractivity contribution in [2.45, 2.75) is 26.3 Å². The third-order valence-corrected chi connectivity index (χ3v) is 4.37. The normalized spacial score (nSPS) is 16.1. The molecule has 24 heavy (non-hydrogen) atoms. The van der Waals surface area contributed by atoms with Crippen LogP contribution in [0, 0.1) is 12.8 Å². The van der Waals surface area contributed by atoms with Crippen molar-refractivity contribution in [3.63, 3.8) is 0 Å². The van der Waals surface area contributed by atoms with Gasteiger partial charge < -0.3 is 14.6 Å². The Morgan fingerprint density at radius 3 is 2.92 bits per heavy atom. The number of hydrogen-bond acceptors (Lipinski definition) is 3. The predicted octanol–water partition coefficient (Wildman–Crippen LogP) is 1.91. The van der Waals surface area contributed by atoms with Gasteiger partial charge in [-0.2, -0.15) is 0 Å². The standard InChI is InChI=1S/C19H22N2O3/c1-14-5-4-8-19(23)21(14)10-9-18(22)20-12-15-11-16-6-2-3-7-17(16)24-13-15/h2-8,15H,9-13H2,1H3,(H,20,22)/t15-/m0/s1. The smallest absolute Gasteiger partial charge is 0.250 e. The minimum Gasteiger partial charge on any atom is -0.493 e. The van der Waals surface area contributed by atoms with E-state index in [0.717, 1.165) is 17.9 Å². The van der Waals surface area contributed by atoms with E-state index in [9.17, 15) is 9.59 Å². The maximum Gasteiger partial charge on any atom is 0.250 e. The van der Waals surface area contributed by atoms with Crippen LogP contribution in [0.25, 0.3) is 0 Å². The van der Waals surface area contributed by atoms with Crippen molar-refractivity contribution in [3.8, 4) is 5.75 Å². The third-order valence-electron chi connectivity index (χ3n) is 4.37. The summed E-state index contributed by atoms with van der Waals surface area (Å²) >= 11 is 0. The highest BCUT2D eigenvalue weighted by Crippen LogP contribution is 2.26. The zero-order valence-corrected chi connectivity index (χ0v) is 13.8. The Morgan fingerprint density at radius 1 is 1.25 bits per heavy atom. The molecule has 3 rings (SSSR count). The lowest BCUT2D eigenvalue weighted by Gasteiger charge is -2.25. The molecule has 1 aromatic heterocycles. The van der Waals surface area contributed by atoms with Crippen LogP contribution in [-0.2, 0) is 17.8 Å². The molecule has 5 nitrogen and oxygen atoms in total. The van der Waals surface area contributed by atoms with E-state index in [1.54, 1.807) is 10.6 Å². The van der Waals surface area contributed by atoms with Crippen molar-refractivity contribution in [2.24, 2.45) is 5.92 Å². The molecule has 1 atom stereocenters. The number of nitrogens with zero attached hydrogens (tertiary/aromatic N) is 1. The summed E-state index contributed by atoms with van der Waals surface area (Å²) in [5, 5.41) is 2.96. The molecule has 2 heterocycles. The first-order valence-electron chi connectivity index (χ1n) is 8.27. The monoisotopic (exact) mass is 326 g/mol. The highest BCUT2D eigenvalue weighted by molar-refractivity contribution is 5.75. The van der Waals surface area contributed by atoms with Gasteiger partial charge in [0.05, 0.1) is 6.61 Å². The van der Waals surface area contributed by atoms with Crippen LogP contribution in [0.1, 0.15) is 17.7 Å². The Hall–Kier alpha value is -2.56. The van der Waals surface area contributed by atoms with Crippen molar-refractivity contribution in [3.05, 3.63) is 64.1 Å². The van der Waals surface area contributed by atoms with Gasteiger partial charge in [0.2, 0.25) is 5.91 Å². The number of aryl methyl sites for hydroxylation is 1. The summed E-state index contributed by atoms with van der Waals surface area (Å²) < 4.78 is 7.36. The molecule has 1 aliphatic heterocycles. The van der Waals surface area contributed by atoms with E-state index in [4.69, 9.17) is 4.74 Å². The van der Waals surface area contributed by atoms with Crippen LogP contribution >= 0.6 is 0 Å². The molecule has 0 bridgehead atoms. The molecule has 126 valence electrons. The number of benzene rings is 1. The molecule has 0 saturated carbocycles. The van der Waals surface area contributed by atoms with Crippen LogP contribution in [0.2, 0.25) is 0 Å². The average Bonchev–Trinajstić information content (AvgIpc) is 2.59. The van der Waals surface area contributed by atoms with Gasteiger partial charge in [0.1, 0.15) is 5.75 Å². The van der Waals surface area contributed by atoms with E-state index in [-0.39, 0.29) is 17.4 Å². The fourth-order valence-corrected chi connectivity index (χ4v) is 2.99. The van der Waals surface area contributed by atoms with Gasteiger partial charge in [-0.25, -0.2) is 0 Å². The zero-order chi connectivity index (χ0) is 16.9. The second-order valence-corrected chi connectivity index (χ2v) is 6.20. The minimum absolute atomic E-state index is 0.0380. The Kier molecular flexibility index (Phi) is 4.99. The SMILES string of the molecule is Cc1cccc(=O)n1CCC(=O)NC[C@H]1COc2ccccc2C1. The first kappa shape index (κ1) is 16.3. The summed E-state index contributed by atoms with van der Waals surface area (Å²) in [6.07, 6.45) is 1.21. The molecule has 0 fully saturated rings. The summed E-state index contributed by atoms with van der Waals surface area (Å²) in [5.74, 6) is 1.19. The lowest BCUT2D eigenvalue weighted by Crippen LogP contribution is -2.35. The van der Waals surface area contributed by atoms with Gasteiger partial charge in [0, 0.05) is 37.2 Å². The van der Waals surface area contributed by atoms with Crippen LogP contribution in [0.3, 0.4) is 0 Å². The summed E-state index contributed by atoms with van der Waals surface area (Å²) in [5.41, 5.74) is 1.99. The molecule has 0 aliphatic carbocycles. The number of nitrogens with one attached hydrogen (secondary N) is 1. The lowest BCUT2D eigenvalue weighted by molar-refractivity contribution is -0.121. The Bertz CT molecular complexity index is 782. The summed E-state index contributed by atoms with van der Waals surface area (Å²) in [4.78, 5) is 23.8. The van der Waals surface area contributed by atoms with E-state index in [0.29, 0.717) is 26.1 Å². The van der Waals surface area contributed by atoms with Gasteiger partial charge >= 0.3 is 0 Å². The van der Waals surface area contributed by atoms with E-state index in [2.05, 4.69) is 11.4 Å². The first-order chi connectivity index (χ1) is 11.6. The second kappa shape index (κ2) is 7.34. The van der Waals surface area contributed by atoms with Gasteiger partial charge in [0.25, 0.3) is 5.56 Å². The van der Waals surface area contributed by atoms with E-state index >= 15 is 0 Å². The van der Waals surface area contributed by atoms with Crippen LogP contribution in [0.4, 0.5) is 0 Å². The number of aromatic nitrogens is 1. The molecule has 2 aromatic rings. The maximum absolute atomic E-state index is 12.1. The Morgan fingerprint density at radius 2 is 2.08 bits per heavy atom.